The summed E-state index contributed by atoms with van der Waals surface area (Å²) in [5.41, 5.74) is -1.22. The molecule has 0 aromatic heterocycles. The molecule has 0 atom stereocenters. The van der Waals surface area contributed by atoms with Crippen LogP contribution in [0.5, 0.6) is 0 Å². The Labute approximate surface area is 89.8 Å². The van der Waals surface area contributed by atoms with Crippen molar-refractivity contribution in [2.24, 2.45) is 5.41 Å². The standard InChI is InChI=1S/C9H12F3NO3/c10-9(11,12)6(14)13-5-8(7(15)16)3-1-2-4-8/h1-5H2,(H,13,14)(H,15,16). The predicted molar refractivity (Wildman–Crippen MR) is 47.6 cm³/mol. The van der Waals surface area contributed by atoms with Gasteiger partial charge < -0.3 is 10.4 Å². The lowest BCUT2D eigenvalue weighted by molar-refractivity contribution is -0.174. The molecule has 2 N–H and O–H groups in total. The van der Waals surface area contributed by atoms with Crippen molar-refractivity contribution >= 4 is 11.9 Å². The van der Waals surface area contributed by atoms with E-state index in [1.165, 1.54) is 0 Å². The molecule has 0 heterocycles. The van der Waals surface area contributed by atoms with E-state index in [0.717, 1.165) is 0 Å². The molecule has 1 amide bonds. The molecule has 7 heteroatoms. The van der Waals surface area contributed by atoms with E-state index < -0.39 is 30.0 Å². The van der Waals surface area contributed by atoms with Crippen molar-refractivity contribution in [3.8, 4) is 0 Å². The molecule has 1 aliphatic carbocycles. The smallest absolute Gasteiger partial charge is 0.471 e. The number of carboxylic acids is 1. The van der Waals surface area contributed by atoms with E-state index >= 15 is 0 Å². The Morgan fingerprint density at radius 2 is 1.75 bits per heavy atom. The van der Waals surface area contributed by atoms with Gasteiger partial charge in [0.1, 0.15) is 0 Å². The SMILES string of the molecule is O=C(NCC1(C(=O)O)CCCC1)C(F)(F)F. The maximum atomic E-state index is 11.9. The van der Waals surface area contributed by atoms with Gasteiger partial charge in [0.2, 0.25) is 0 Å². The maximum absolute atomic E-state index is 11.9. The first kappa shape index (κ1) is 12.8. The number of carboxylic acid groups (broad SMARTS) is 1. The van der Waals surface area contributed by atoms with E-state index in [1.807, 2.05) is 0 Å². The van der Waals surface area contributed by atoms with E-state index in [1.54, 1.807) is 5.32 Å². The van der Waals surface area contributed by atoms with Gasteiger partial charge in [-0.3, -0.25) is 9.59 Å². The zero-order chi connectivity index (χ0) is 12.4. The van der Waals surface area contributed by atoms with Crippen LogP contribution in [0.2, 0.25) is 0 Å². The molecule has 1 saturated carbocycles. The predicted octanol–water partition coefficient (Wildman–Crippen LogP) is 1.31. The molecule has 0 spiro atoms. The van der Waals surface area contributed by atoms with Crippen LogP contribution >= 0.6 is 0 Å². The lowest BCUT2D eigenvalue weighted by Crippen LogP contribution is -2.45. The molecule has 0 aromatic rings. The molecule has 1 rings (SSSR count). The normalized spacial score (nSPS) is 19.4. The molecule has 0 radical (unpaired) electrons. The summed E-state index contributed by atoms with van der Waals surface area (Å²) in [7, 11) is 0. The van der Waals surface area contributed by atoms with E-state index in [4.69, 9.17) is 5.11 Å². The first-order valence-corrected chi connectivity index (χ1v) is 4.86. The van der Waals surface area contributed by atoms with Gasteiger partial charge in [-0.25, -0.2) is 0 Å². The van der Waals surface area contributed by atoms with Gasteiger partial charge in [0.05, 0.1) is 5.41 Å². The lowest BCUT2D eigenvalue weighted by Gasteiger charge is -2.24. The Bertz CT molecular complexity index is 295. The van der Waals surface area contributed by atoms with E-state index in [2.05, 4.69) is 0 Å². The highest BCUT2D eigenvalue weighted by Gasteiger charge is 2.44. The zero-order valence-electron chi connectivity index (χ0n) is 8.43. The molecule has 0 bridgehead atoms. The van der Waals surface area contributed by atoms with Gasteiger partial charge in [0, 0.05) is 6.54 Å². The quantitative estimate of drug-likeness (QED) is 0.780. The Hall–Kier alpha value is -1.27. The molecule has 0 unspecified atom stereocenters. The summed E-state index contributed by atoms with van der Waals surface area (Å²) in [5.74, 6) is -3.23. The van der Waals surface area contributed by atoms with Gasteiger partial charge in [-0.2, -0.15) is 13.2 Å². The lowest BCUT2D eigenvalue weighted by atomic mass is 9.86. The largest absolute Gasteiger partial charge is 0.481 e. The monoisotopic (exact) mass is 239 g/mol. The number of carbonyl (C=O) groups is 2. The van der Waals surface area contributed by atoms with Crippen LogP contribution in [0.1, 0.15) is 25.7 Å². The summed E-state index contributed by atoms with van der Waals surface area (Å²) >= 11 is 0. The second-order valence-electron chi connectivity index (χ2n) is 3.97. The molecule has 0 aliphatic heterocycles. The molecule has 92 valence electrons. The van der Waals surface area contributed by atoms with Gasteiger partial charge in [0.25, 0.3) is 0 Å². The minimum atomic E-state index is -4.96. The Balaban J connectivity index is 2.59. The van der Waals surface area contributed by atoms with Crippen molar-refractivity contribution in [1.82, 2.24) is 5.32 Å². The van der Waals surface area contributed by atoms with E-state index in [9.17, 15) is 22.8 Å². The van der Waals surface area contributed by atoms with Gasteiger partial charge in [0.15, 0.2) is 0 Å². The average molecular weight is 239 g/mol. The van der Waals surface area contributed by atoms with Gasteiger partial charge in [-0.1, -0.05) is 12.8 Å². The van der Waals surface area contributed by atoms with Crippen LogP contribution in [0.25, 0.3) is 0 Å². The number of halogens is 3. The number of amides is 1. The van der Waals surface area contributed by atoms with E-state index in [-0.39, 0.29) is 0 Å². The van der Waals surface area contributed by atoms with Crippen LogP contribution in [0, 0.1) is 5.41 Å². The first-order valence-electron chi connectivity index (χ1n) is 4.86. The molecular weight excluding hydrogens is 227 g/mol. The molecule has 1 aliphatic rings. The topological polar surface area (TPSA) is 66.4 Å². The molecule has 0 saturated heterocycles. The second-order valence-corrected chi connectivity index (χ2v) is 3.97. The van der Waals surface area contributed by atoms with E-state index in [0.29, 0.717) is 25.7 Å². The number of carbonyl (C=O) groups excluding carboxylic acids is 1. The summed E-state index contributed by atoms with van der Waals surface area (Å²) in [4.78, 5) is 21.5. The second kappa shape index (κ2) is 4.31. The highest BCUT2D eigenvalue weighted by Crippen LogP contribution is 2.37. The van der Waals surface area contributed by atoms with Crippen LogP contribution < -0.4 is 5.32 Å². The van der Waals surface area contributed by atoms with Gasteiger partial charge in [-0.05, 0) is 12.8 Å². The summed E-state index contributed by atoms with van der Waals surface area (Å²) < 4.78 is 35.7. The number of alkyl halides is 3. The van der Waals surface area contributed by atoms with Crippen molar-refractivity contribution < 1.29 is 27.9 Å². The Kier molecular flexibility index (Phi) is 3.44. The third-order valence-corrected chi connectivity index (χ3v) is 2.86. The van der Waals surface area contributed by atoms with Crippen LogP contribution in [0.15, 0.2) is 0 Å². The summed E-state index contributed by atoms with van der Waals surface area (Å²) in [6.45, 7) is -0.458. The number of aliphatic carboxylic acids is 1. The number of hydrogen-bond acceptors (Lipinski definition) is 2. The fraction of sp³-hybridized carbons (Fsp3) is 0.778. The van der Waals surface area contributed by atoms with Crippen LogP contribution in [-0.2, 0) is 9.59 Å². The number of hydrogen-bond donors (Lipinski definition) is 2. The molecule has 16 heavy (non-hydrogen) atoms. The third-order valence-electron chi connectivity index (χ3n) is 2.86. The molecule has 0 aromatic carbocycles. The average Bonchev–Trinajstić information content (AvgIpc) is 2.62. The fourth-order valence-corrected chi connectivity index (χ4v) is 1.87. The van der Waals surface area contributed by atoms with Crippen molar-refractivity contribution in [2.75, 3.05) is 6.54 Å². The number of rotatable bonds is 3. The number of nitrogens with one attached hydrogen (secondary N) is 1. The molecule has 4 nitrogen and oxygen atoms in total. The van der Waals surface area contributed by atoms with Crippen molar-refractivity contribution in [2.45, 2.75) is 31.9 Å². The molecule has 1 fully saturated rings. The highest BCUT2D eigenvalue weighted by molar-refractivity contribution is 5.83. The summed E-state index contributed by atoms with van der Waals surface area (Å²) in [6, 6.07) is 0. The summed E-state index contributed by atoms with van der Waals surface area (Å²) in [6.07, 6.45) is -3.03. The van der Waals surface area contributed by atoms with Crippen molar-refractivity contribution in [1.29, 1.82) is 0 Å². The van der Waals surface area contributed by atoms with Crippen molar-refractivity contribution in [3.63, 3.8) is 0 Å². The Morgan fingerprint density at radius 1 is 1.25 bits per heavy atom. The maximum Gasteiger partial charge on any atom is 0.471 e. The van der Waals surface area contributed by atoms with Gasteiger partial charge >= 0.3 is 18.1 Å². The highest BCUT2D eigenvalue weighted by atomic mass is 19.4. The van der Waals surface area contributed by atoms with Gasteiger partial charge in [-0.15, -0.1) is 0 Å². The zero-order valence-corrected chi connectivity index (χ0v) is 8.43. The first-order chi connectivity index (χ1) is 7.28. The fourth-order valence-electron chi connectivity index (χ4n) is 1.87. The van der Waals surface area contributed by atoms with Crippen molar-refractivity contribution in [3.05, 3.63) is 0 Å². The minimum Gasteiger partial charge on any atom is -0.481 e. The van der Waals surface area contributed by atoms with Crippen LogP contribution in [-0.4, -0.2) is 29.7 Å². The Morgan fingerprint density at radius 3 is 2.12 bits per heavy atom. The minimum absolute atomic E-state index is 0.306. The van der Waals surface area contributed by atoms with Crippen LogP contribution in [0.4, 0.5) is 13.2 Å². The third kappa shape index (κ3) is 2.65. The summed E-state index contributed by atoms with van der Waals surface area (Å²) in [5, 5.41) is 10.6. The molecular formula is C9H12F3NO3. The van der Waals surface area contributed by atoms with Crippen LogP contribution in [0.3, 0.4) is 0 Å².